The zero-order chi connectivity index (χ0) is 18.3. The molecule has 0 aliphatic heterocycles. The number of benzene rings is 2. The van der Waals surface area contributed by atoms with Crippen molar-refractivity contribution in [3.8, 4) is 28.8 Å². The number of nitrogens with zero attached hydrogens (tertiary/aromatic N) is 2. The van der Waals surface area contributed by atoms with Crippen LogP contribution in [0.2, 0.25) is 0 Å². The highest BCUT2D eigenvalue weighted by molar-refractivity contribution is 5.76. The molecule has 4 rings (SSSR count). The van der Waals surface area contributed by atoms with Gasteiger partial charge in [0, 0.05) is 11.6 Å². The Bertz CT molecular complexity index is 1100. The van der Waals surface area contributed by atoms with Gasteiger partial charge in [-0.3, -0.25) is 0 Å². The van der Waals surface area contributed by atoms with E-state index in [1.165, 1.54) is 18.3 Å². The van der Waals surface area contributed by atoms with Crippen LogP contribution in [-0.2, 0) is 0 Å². The molecule has 26 heavy (non-hydrogen) atoms. The van der Waals surface area contributed by atoms with Gasteiger partial charge >= 0.3 is 0 Å². The van der Waals surface area contributed by atoms with Crippen LogP contribution in [0.25, 0.3) is 22.6 Å². The summed E-state index contributed by atoms with van der Waals surface area (Å²) in [6, 6.07) is 11.3. The van der Waals surface area contributed by atoms with E-state index < -0.39 is 5.82 Å². The molecule has 0 fully saturated rings. The molecule has 4 aromatic rings. The third-order valence-corrected chi connectivity index (χ3v) is 4.04. The largest absolute Gasteiger partial charge is 0.507 e. The van der Waals surface area contributed by atoms with E-state index in [0.717, 1.165) is 16.7 Å². The standard InChI is InChI=1S/C20H15FN2O3/c1-11-7-13(8-12(2)19(11)24)20-23-15-10-22-18(9-17(15)26-20)25-16-6-4-3-5-14(16)21/h3-10,24H,1-2H3. The first-order valence-corrected chi connectivity index (χ1v) is 8.01. The predicted molar refractivity (Wildman–Crippen MR) is 94.9 cm³/mol. The number of phenolic OH excluding ortho intramolecular Hbond substituents is 1. The van der Waals surface area contributed by atoms with E-state index in [-0.39, 0.29) is 17.4 Å². The third kappa shape index (κ3) is 2.86. The molecule has 2 aromatic carbocycles. The SMILES string of the molecule is Cc1cc(-c2nc3cnc(Oc4ccccc4F)cc3o2)cc(C)c1O. The maximum atomic E-state index is 13.7. The second-order valence-corrected chi connectivity index (χ2v) is 6.00. The molecular weight excluding hydrogens is 335 g/mol. The van der Waals surface area contributed by atoms with Gasteiger partial charge in [0.15, 0.2) is 17.1 Å². The number of hydrogen-bond donors (Lipinski definition) is 1. The van der Waals surface area contributed by atoms with E-state index in [1.807, 2.05) is 13.8 Å². The molecule has 1 N–H and O–H groups in total. The van der Waals surface area contributed by atoms with Crippen LogP contribution in [0.5, 0.6) is 17.4 Å². The lowest BCUT2D eigenvalue weighted by atomic mass is 10.1. The van der Waals surface area contributed by atoms with Crippen LogP contribution >= 0.6 is 0 Å². The Balaban J connectivity index is 1.71. The summed E-state index contributed by atoms with van der Waals surface area (Å²) in [7, 11) is 0. The summed E-state index contributed by atoms with van der Waals surface area (Å²) in [5, 5.41) is 9.91. The number of halogens is 1. The van der Waals surface area contributed by atoms with Gasteiger partial charge < -0.3 is 14.3 Å². The first kappa shape index (κ1) is 16.1. The normalized spacial score (nSPS) is 11.0. The average Bonchev–Trinajstić information content (AvgIpc) is 3.04. The van der Waals surface area contributed by atoms with E-state index in [9.17, 15) is 9.50 Å². The number of aryl methyl sites for hydroxylation is 2. The van der Waals surface area contributed by atoms with Gasteiger partial charge in [-0.2, -0.15) is 0 Å². The van der Waals surface area contributed by atoms with Gasteiger partial charge in [-0.1, -0.05) is 12.1 Å². The lowest BCUT2D eigenvalue weighted by Crippen LogP contribution is -1.90. The molecule has 6 heteroatoms. The fourth-order valence-electron chi connectivity index (χ4n) is 2.71. The number of ether oxygens (including phenoxy) is 1. The van der Waals surface area contributed by atoms with E-state index >= 15 is 0 Å². The quantitative estimate of drug-likeness (QED) is 0.554. The Labute approximate surface area is 148 Å². The summed E-state index contributed by atoms with van der Waals surface area (Å²) in [5.74, 6) is 0.498. The minimum atomic E-state index is -0.470. The number of rotatable bonds is 3. The number of aromatic hydroxyl groups is 1. The smallest absolute Gasteiger partial charge is 0.227 e. The zero-order valence-electron chi connectivity index (χ0n) is 14.2. The van der Waals surface area contributed by atoms with Gasteiger partial charge in [0.25, 0.3) is 0 Å². The summed E-state index contributed by atoms with van der Waals surface area (Å²) in [6.07, 6.45) is 1.51. The molecule has 2 heterocycles. The average molecular weight is 350 g/mol. The van der Waals surface area contributed by atoms with Gasteiger partial charge in [0.05, 0.1) is 6.20 Å². The van der Waals surface area contributed by atoms with Crippen molar-refractivity contribution in [3.63, 3.8) is 0 Å². The molecule has 0 aliphatic rings. The first-order valence-electron chi connectivity index (χ1n) is 8.01. The summed E-state index contributed by atoms with van der Waals surface area (Å²) in [5.41, 5.74) is 3.27. The molecule has 130 valence electrons. The van der Waals surface area contributed by atoms with Crippen LogP contribution in [0, 0.1) is 19.7 Å². The minimum Gasteiger partial charge on any atom is -0.507 e. The Kier molecular flexibility index (Phi) is 3.80. The van der Waals surface area contributed by atoms with E-state index in [4.69, 9.17) is 9.15 Å². The van der Waals surface area contributed by atoms with Crippen LogP contribution in [-0.4, -0.2) is 15.1 Å². The number of hydrogen-bond acceptors (Lipinski definition) is 5. The Hall–Kier alpha value is -3.41. The third-order valence-electron chi connectivity index (χ3n) is 4.04. The van der Waals surface area contributed by atoms with E-state index in [1.54, 1.807) is 30.3 Å². The highest BCUT2D eigenvalue weighted by atomic mass is 19.1. The summed E-state index contributed by atoms with van der Waals surface area (Å²) in [6.45, 7) is 3.63. The molecule has 5 nitrogen and oxygen atoms in total. The summed E-state index contributed by atoms with van der Waals surface area (Å²) in [4.78, 5) is 8.57. The minimum absolute atomic E-state index is 0.0869. The van der Waals surface area contributed by atoms with Crippen LogP contribution in [0.3, 0.4) is 0 Å². The molecule has 0 amide bonds. The van der Waals surface area contributed by atoms with Crippen LogP contribution in [0.4, 0.5) is 4.39 Å². The molecule has 0 spiro atoms. The Morgan fingerprint density at radius 3 is 2.54 bits per heavy atom. The number of phenols is 1. The highest BCUT2D eigenvalue weighted by Gasteiger charge is 2.13. The molecule has 0 atom stereocenters. The molecule has 0 saturated carbocycles. The topological polar surface area (TPSA) is 68.4 Å². The van der Waals surface area contributed by atoms with E-state index in [0.29, 0.717) is 17.0 Å². The second-order valence-electron chi connectivity index (χ2n) is 6.00. The fourth-order valence-corrected chi connectivity index (χ4v) is 2.71. The number of oxazole rings is 1. The monoisotopic (exact) mass is 350 g/mol. The van der Waals surface area contributed by atoms with Crippen molar-refractivity contribution >= 4 is 11.1 Å². The summed E-state index contributed by atoms with van der Waals surface area (Å²) >= 11 is 0. The van der Waals surface area contributed by atoms with Gasteiger partial charge in [0.1, 0.15) is 11.3 Å². The molecular formula is C20H15FN2O3. The number of aromatic nitrogens is 2. The fraction of sp³-hybridized carbons (Fsp3) is 0.100. The van der Waals surface area contributed by atoms with Crippen molar-refractivity contribution in [2.24, 2.45) is 0 Å². The van der Waals surface area contributed by atoms with E-state index in [2.05, 4.69) is 9.97 Å². The van der Waals surface area contributed by atoms with Gasteiger partial charge in [-0.15, -0.1) is 0 Å². The molecule has 0 unspecified atom stereocenters. The highest BCUT2D eigenvalue weighted by Crippen LogP contribution is 2.32. The van der Waals surface area contributed by atoms with Crippen molar-refractivity contribution in [3.05, 3.63) is 65.6 Å². The van der Waals surface area contributed by atoms with Gasteiger partial charge in [-0.25, -0.2) is 14.4 Å². The maximum Gasteiger partial charge on any atom is 0.227 e. The Morgan fingerprint density at radius 2 is 1.81 bits per heavy atom. The molecule has 0 saturated heterocycles. The second kappa shape index (κ2) is 6.15. The van der Waals surface area contributed by atoms with Gasteiger partial charge in [-0.05, 0) is 49.2 Å². The first-order chi connectivity index (χ1) is 12.5. The lowest BCUT2D eigenvalue weighted by Gasteiger charge is -2.05. The molecule has 0 aliphatic carbocycles. The van der Waals surface area contributed by atoms with Crippen LogP contribution in [0.1, 0.15) is 11.1 Å². The predicted octanol–water partition coefficient (Wildman–Crippen LogP) is 5.14. The van der Waals surface area contributed by atoms with Crippen molar-refractivity contribution < 1.29 is 18.7 Å². The zero-order valence-corrected chi connectivity index (χ0v) is 14.2. The Morgan fingerprint density at radius 1 is 1.08 bits per heavy atom. The molecule has 0 radical (unpaired) electrons. The van der Waals surface area contributed by atoms with Crippen LogP contribution < -0.4 is 4.74 Å². The van der Waals surface area contributed by atoms with Crippen molar-refractivity contribution in [2.75, 3.05) is 0 Å². The van der Waals surface area contributed by atoms with Gasteiger partial charge in [0.2, 0.25) is 11.8 Å². The number of pyridine rings is 1. The van der Waals surface area contributed by atoms with Crippen molar-refractivity contribution in [2.45, 2.75) is 13.8 Å². The summed E-state index contributed by atoms with van der Waals surface area (Å²) < 4.78 is 25.0. The molecule has 0 bridgehead atoms. The number of para-hydroxylation sites is 1. The van der Waals surface area contributed by atoms with Crippen LogP contribution in [0.15, 0.2) is 53.1 Å². The van der Waals surface area contributed by atoms with Crippen molar-refractivity contribution in [1.82, 2.24) is 9.97 Å². The lowest BCUT2D eigenvalue weighted by molar-refractivity contribution is 0.427. The van der Waals surface area contributed by atoms with Crippen molar-refractivity contribution in [1.29, 1.82) is 0 Å². The maximum absolute atomic E-state index is 13.7. The number of fused-ring (bicyclic) bond motifs is 1. The molecule has 2 aromatic heterocycles.